The number of benzene rings is 1. The van der Waals surface area contributed by atoms with Crippen LogP contribution in [0.1, 0.15) is 34.6 Å². The maximum absolute atomic E-state index is 12.3. The summed E-state index contributed by atoms with van der Waals surface area (Å²) < 4.78 is 2.90. The van der Waals surface area contributed by atoms with Gasteiger partial charge in [-0.15, -0.1) is 0 Å². The second-order valence-corrected chi connectivity index (χ2v) is 6.75. The van der Waals surface area contributed by atoms with Crippen LogP contribution in [0.2, 0.25) is 0 Å². The van der Waals surface area contributed by atoms with Crippen LogP contribution in [0.5, 0.6) is 0 Å². The molecule has 1 aromatic carbocycles. The summed E-state index contributed by atoms with van der Waals surface area (Å²) in [6, 6.07) is 7.79. The predicted octanol–water partition coefficient (Wildman–Crippen LogP) is 2.73. The number of piperidine rings is 1. The maximum atomic E-state index is 12.3. The number of amides is 1. The monoisotopic (exact) mass is 376 g/mol. The molecule has 23 heavy (non-hydrogen) atoms. The van der Waals surface area contributed by atoms with Gasteiger partial charge in [-0.05, 0) is 73.4 Å². The minimum Gasteiger partial charge on any atom is -0.348 e. The molecule has 0 radical (unpaired) electrons. The van der Waals surface area contributed by atoms with E-state index in [0.29, 0.717) is 5.56 Å². The molecule has 1 saturated heterocycles. The molecule has 0 aliphatic carbocycles. The van der Waals surface area contributed by atoms with Crippen molar-refractivity contribution in [2.45, 2.75) is 32.7 Å². The van der Waals surface area contributed by atoms with Crippen LogP contribution in [-0.2, 0) is 0 Å². The number of hydrogen-bond donors (Lipinski definition) is 2. The molecule has 1 fully saturated rings. The van der Waals surface area contributed by atoms with Crippen molar-refractivity contribution in [3.05, 3.63) is 45.7 Å². The fourth-order valence-corrected chi connectivity index (χ4v) is 3.12. The van der Waals surface area contributed by atoms with Gasteiger partial charge in [0.25, 0.3) is 5.91 Å². The molecule has 0 bridgehead atoms. The SMILES string of the molecule is Cc1nn(-c2ccc(C(=O)NC3CCCNC3)cc2)c(C)c1Br. The molecule has 0 spiro atoms. The lowest BCUT2D eigenvalue weighted by Gasteiger charge is -2.23. The molecule has 1 aliphatic heterocycles. The number of carbonyl (C=O) groups is 1. The van der Waals surface area contributed by atoms with Crippen molar-refractivity contribution >= 4 is 21.8 Å². The van der Waals surface area contributed by atoms with Crippen LogP contribution in [0, 0.1) is 13.8 Å². The summed E-state index contributed by atoms with van der Waals surface area (Å²) in [5.41, 5.74) is 3.63. The summed E-state index contributed by atoms with van der Waals surface area (Å²) in [6.45, 7) is 5.87. The Morgan fingerprint density at radius 3 is 2.65 bits per heavy atom. The zero-order valence-electron chi connectivity index (χ0n) is 13.4. The largest absolute Gasteiger partial charge is 0.348 e. The molecule has 1 unspecified atom stereocenters. The molecule has 1 atom stereocenters. The molecule has 2 heterocycles. The summed E-state index contributed by atoms with van der Waals surface area (Å²) in [4.78, 5) is 12.3. The van der Waals surface area contributed by atoms with Crippen LogP contribution < -0.4 is 10.6 Å². The number of nitrogens with one attached hydrogen (secondary N) is 2. The summed E-state index contributed by atoms with van der Waals surface area (Å²) in [6.07, 6.45) is 2.15. The van der Waals surface area contributed by atoms with E-state index >= 15 is 0 Å². The molecule has 1 aromatic heterocycles. The highest BCUT2D eigenvalue weighted by Crippen LogP contribution is 2.23. The molecule has 2 N–H and O–H groups in total. The van der Waals surface area contributed by atoms with Gasteiger partial charge in [-0.3, -0.25) is 4.79 Å². The van der Waals surface area contributed by atoms with Crippen LogP contribution in [0.4, 0.5) is 0 Å². The Bertz CT molecular complexity index is 702. The first-order valence-electron chi connectivity index (χ1n) is 7.90. The van der Waals surface area contributed by atoms with E-state index in [9.17, 15) is 4.79 Å². The average molecular weight is 377 g/mol. The van der Waals surface area contributed by atoms with Gasteiger partial charge in [0.2, 0.25) is 0 Å². The molecule has 1 amide bonds. The maximum Gasteiger partial charge on any atom is 0.251 e. The number of carbonyl (C=O) groups excluding carboxylic acids is 1. The smallest absolute Gasteiger partial charge is 0.251 e. The molecular weight excluding hydrogens is 356 g/mol. The van der Waals surface area contributed by atoms with Gasteiger partial charge in [0.1, 0.15) is 0 Å². The van der Waals surface area contributed by atoms with Gasteiger partial charge in [-0.2, -0.15) is 5.10 Å². The van der Waals surface area contributed by atoms with Gasteiger partial charge in [0.15, 0.2) is 0 Å². The third kappa shape index (κ3) is 3.48. The molecule has 3 rings (SSSR count). The average Bonchev–Trinajstić information content (AvgIpc) is 2.83. The van der Waals surface area contributed by atoms with E-state index in [0.717, 1.165) is 47.5 Å². The van der Waals surface area contributed by atoms with Crippen LogP contribution in [0.15, 0.2) is 28.7 Å². The fourth-order valence-electron chi connectivity index (χ4n) is 2.87. The first kappa shape index (κ1) is 16.2. The Morgan fingerprint density at radius 1 is 1.35 bits per heavy atom. The Kier molecular flexibility index (Phi) is 4.82. The van der Waals surface area contributed by atoms with Gasteiger partial charge in [0.05, 0.1) is 21.5 Å². The number of aromatic nitrogens is 2. The zero-order chi connectivity index (χ0) is 16.4. The fraction of sp³-hybridized carbons (Fsp3) is 0.412. The summed E-state index contributed by atoms with van der Waals surface area (Å²) >= 11 is 3.54. The minimum atomic E-state index is -0.0141. The number of aryl methyl sites for hydroxylation is 1. The summed E-state index contributed by atoms with van der Waals surface area (Å²) in [5.74, 6) is -0.0141. The van der Waals surface area contributed by atoms with Crippen LogP contribution in [-0.4, -0.2) is 34.8 Å². The Morgan fingerprint density at radius 2 is 2.09 bits per heavy atom. The van der Waals surface area contributed by atoms with Gasteiger partial charge >= 0.3 is 0 Å². The van der Waals surface area contributed by atoms with Gasteiger partial charge in [-0.25, -0.2) is 4.68 Å². The van der Waals surface area contributed by atoms with Crippen LogP contribution in [0.25, 0.3) is 5.69 Å². The molecule has 0 saturated carbocycles. The van der Waals surface area contributed by atoms with Gasteiger partial charge in [-0.1, -0.05) is 0 Å². The van der Waals surface area contributed by atoms with Gasteiger partial charge in [0, 0.05) is 18.2 Å². The Balaban J connectivity index is 1.73. The first-order chi connectivity index (χ1) is 11.1. The van der Waals surface area contributed by atoms with Crippen molar-refractivity contribution in [3.8, 4) is 5.69 Å². The lowest BCUT2D eigenvalue weighted by Crippen LogP contribution is -2.45. The van der Waals surface area contributed by atoms with E-state index in [4.69, 9.17) is 0 Å². The van der Waals surface area contributed by atoms with E-state index in [2.05, 4.69) is 31.7 Å². The van der Waals surface area contributed by atoms with E-state index in [1.165, 1.54) is 0 Å². The van der Waals surface area contributed by atoms with E-state index in [1.807, 2.05) is 42.8 Å². The highest BCUT2D eigenvalue weighted by molar-refractivity contribution is 9.10. The molecule has 6 heteroatoms. The molecule has 1 aliphatic rings. The normalized spacial score (nSPS) is 18.0. The third-order valence-electron chi connectivity index (χ3n) is 4.21. The van der Waals surface area contributed by atoms with Crippen molar-refractivity contribution in [3.63, 3.8) is 0 Å². The topological polar surface area (TPSA) is 59.0 Å². The van der Waals surface area contributed by atoms with Crippen molar-refractivity contribution in [1.29, 1.82) is 0 Å². The second kappa shape index (κ2) is 6.84. The highest BCUT2D eigenvalue weighted by atomic mass is 79.9. The second-order valence-electron chi connectivity index (χ2n) is 5.96. The lowest BCUT2D eigenvalue weighted by atomic mass is 10.1. The van der Waals surface area contributed by atoms with Gasteiger partial charge < -0.3 is 10.6 Å². The van der Waals surface area contributed by atoms with Crippen molar-refractivity contribution < 1.29 is 4.79 Å². The number of nitrogens with zero attached hydrogens (tertiary/aromatic N) is 2. The van der Waals surface area contributed by atoms with Crippen molar-refractivity contribution in [2.75, 3.05) is 13.1 Å². The number of rotatable bonds is 3. The Hall–Kier alpha value is -1.66. The molecule has 5 nitrogen and oxygen atoms in total. The minimum absolute atomic E-state index is 0.0141. The first-order valence-corrected chi connectivity index (χ1v) is 8.69. The quantitative estimate of drug-likeness (QED) is 0.865. The van der Waals surface area contributed by atoms with Crippen molar-refractivity contribution in [1.82, 2.24) is 20.4 Å². The standard InChI is InChI=1S/C17H21BrN4O/c1-11-16(18)12(2)22(21-11)15-7-5-13(6-8-15)17(23)20-14-4-3-9-19-10-14/h5-8,14,19H,3-4,9-10H2,1-2H3,(H,20,23). The van der Waals surface area contributed by atoms with Crippen LogP contribution >= 0.6 is 15.9 Å². The van der Waals surface area contributed by atoms with Crippen molar-refractivity contribution in [2.24, 2.45) is 0 Å². The molecule has 122 valence electrons. The van der Waals surface area contributed by atoms with E-state index in [1.54, 1.807) is 0 Å². The summed E-state index contributed by atoms with van der Waals surface area (Å²) in [5, 5.41) is 10.9. The number of halogens is 1. The lowest BCUT2D eigenvalue weighted by molar-refractivity contribution is 0.0930. The number of hydrogen-bond acceptors (Lipinski definition) is 3. The van der Waals surface area contributed by atoms with E-state index < -0.39 is 0 Å². The predicted molar refractivity (Wildman–Crippen MR) is 94.1 cm³/mol. The van der Waals surface area contributed by atoms with Crippen LogP contribution in [0.3, 0.4) is 0 Å². The van der Waals surface area contributed by atoms with E-state index in [-0.39, 0.29) is 11.9 Å². The Labute approximate surface area is 144 Å². The molecular formula is C17H21BrN4O. The molecule has 2 aromatic rings. The summed E-state index contributed by atoms with van der Waals surface area (Å²) in [7, 11) is 0. The third-order valence-corrected chi connectivity index (χ3v) is 5.36. The highest BCUT2D eigenvalue weighted by Gasteiger charge is 2.16. The zero-order valence-corrected chi connectivity index (χ0v) is 15.0.